The standard InChI is InChI=1S/C34H22N4O2S/c35-27-19-11-5-13-21-23(19)25(15-7-1-3-9-17(15)31(21)39)33(29(27)37)41-34-26-16-8-2-4-10-18(16)32(40)22-14-6-12-20(24(22)26)28(36)30(34)38/h1-14H,35-38H2. The van der Waals surface area contributed by atoms with Crippen molar-refractivity contribution >= 4 is 67.6 Å². The lowest BCUT2D eigenvalue weighted by atomic mass is 9.82. The van der Waals surface area contributed by atoms with Crippen LogP contribution >= 0.6 is 11.8 Å². The third-order valence-electron chi connectivity index (χ3n) is 8.31. The van der Waals surface area contributed by atoms with E-state index in [0.717, 1.165) is 43.8 Å². The Hall–Kier alpha value is -5.27. The van der Waals surface area contributed by atoms with Gasteiger partial charge >= 0.3 is 0 Å². The molecule has 196 valence electrons. The molecule has 0 fully saturated rings. The highest BCUT2D eigenvalue weighted by molar-refractivity contribution is 8.00. The monoisotopic (exact) mass is 550 g/mol. The van der Waals surface area contributed by atoms with E-state index in [2.05, 4.69) is 0 Å². The Balaban J connectivity index is 1.52. The van der Waals surface area contributed by atoms with Crippen molar-refractivity contribution in [2.75, 3.05) is 22.9 Å². The van der Waals surface area contributed by atoms with Crippen LogP contribution in [0, 0.1) is 0 Å². The molecule has 0 aliphatic heterocycles. The fourth-order valence-electron chi connectivity index (χ4n) is 6.42. The topological polar surface area (TPSA) is 138 Å². The highest BCUT2D eigenvalue weighted by Gasteiger charge is 2.33. The zero-order valence-electron chi connectivity index (χ0n) is 21.6. The van der Waals surface area contributed by atoms with Crippen LogP contribution in [0.25, 0.3) is 43.8 Å². The first-order valence-electron chi connectivity index (χ1n) is 13.1. The number of nitrogen functional groups attached to an aromatic ring is 4. The lowest BCUT2D eigenvalue weighted by Crippen LogP contribution is -2.14. The Labute approximate surface area is 238 Å². The van der Waals surface area contributed by atoms with Crippen LogP contribution in [0.1, 0.15) is 31.8 Å². The second-order valence-electron chi connectivity index (χ2n) is 10.4. The average molecular weight is 551 g/mol. The van der Waals surface area contributed by atoms with Gasteiger partial charge in [-0.25, -0.2) is 0 Å². The largest absolute Gasteiger partial charge is 0.397 e. The molecule has 0 bridgehead atoms. The van der Waals surface area contributed by atoms with Gasteiger partial charge in [0.05, 0.1) is 22.7 Å². The molecule has 0 spiro atoms. The molecule has 0 saturated carbocycles. The van der Waals surface area contributed by atoms with E-state index in [-0.39, 0.29) is 11.6 Å². The van der Waals surface area contributed by atoms with Crippen molar-refractivity contribution in [3.05, 3.63) is 107 Å². The van der Waals surface area contributed by atoms with E-state index in [0.29, 0.717) is 54.8 Å². The maximum atomic E-state index is 13.6. The minimum absolute atomic E-state index is 0.0551. The quantitative estimate of drug-likeness (QED) is 0.172. The summed E-state index contributed by atoms with van der Waals surface area (Å²) < 4.78 is 0. The Kier molecular flexibility index (Phi) is 4.68. The first kappa shape index (κ1) is 23.6. The van der Waals surface area contributed by atoms with Crippen LogP contribution in [0.15, 0.2) is 94.7 Å². The molecule has 6 aromatic rings. The second kappa shape index (κ2) is 8.13. The van der Waals surface area contributed by atoms with E-state index in [1.165, 1.54) is 11.8 Å². The van der Waals surface area contributed by atoms with Gasteiger partial charge in [-0.3, -0.25) is 9.59 Å². The summed E-state index contributed by atoms with van der Waals surface area (Å²) in [7, 11) is 0. The molecule has 0 saturated heterocycles. The Bertz CT molecular complexity index is 2060. The summed E-state index contributed by atoms with van der Waals surface area (Å²) in [6, 6.07) is 26.2. The molecule has 6 nitrogen and oxygen atoms in total. The summed E-state index contributed by atoms with van der Waals surface area (Å²) >= 11 is 1.38. The highest BCUT2D eigenvalue weighted by Crippen LogP contribution is 2.56. The van der Waals surface area contributed by atoms with Gasteiger partial charge in [0.1, 0.15) is 0 Å². The lowest BCUT2D eigenvalue weighted by molar-refractivity contribution is 0.103. The van der Waals surface area contributed by atoms with Gasteiger partial charge in [-0.05, 0) is 11.1 Å². The second-order valence-corrected chi connectivity index (χ2v) is 11.4. The minimum Gasteiger partial charge on any atom is -0.397 e. The molecule has 2 aliphatic carbocycles. The number of anilines is 4. The minimum atomic E-state index is -0.0551. The molecule has 0 aromatic heterocycles. The summed E-state index contributed by atoms with van der Waals surface area (Å²) in [4.78, 5) is 28.5. The number of carbonyl (C=O) groups excluding carboxylic acids is 2. The van der Waals surface area contributed by atoms with Crippen molar-refractivity contribution in [1.29, 1.82) is 0 Å². The van der Waals surface area contributed by atoms with Gasteiger partial charge < -0.3 is 22.9 Å². The lowest BCUT2D eigenvalue weighted by Gasteiger charge is -2.28. The van der Waals surface area contributed by atoms with Crippen LogP contribution in [-0.2, 0) is 0 Å². The van der Waals surface area contributed by atoms with Gasteiger partial charge in [-0.2, -0.15) is 0 Å². The molecule has 0 atom stereocenters. The van der Waals surface area contributed by atoms with Crippen LogP contribution < -0.4 is 22.9 Å². The van der Waals surface area contributed by atoms with Crippen molar-refractivity contribution in [3.63, 3.8) is 0 Å². The fourth-order valence-corrected chi connectivity index (χ4v) is 7.69. The summed E-state index contributed by atoms with van der Waals surface area (Å²) in [5.74, 6) is -0.110. The van der Waals surface area contributed by atoms with Gasteiger partial charge in [0.15, 0.2) is 11.6 Å². The predicted octanol–water partition coefficient (Wildman–Crippen LogP) is 6.90. The van der Waals surface area contributed by atoms with Crippen molar-refractivity contribution in [2.45, 2.75) is 9.79 Å². The van der Waals surface area contributed by atoms with Gasteiger partial charge in [-0.1, -0.05) is 96.7 Å². The van der Waals surface area contributed by atoms with E-state index < -0.39 is 0 Å². The highest BCUT2D eigenvalue weighted by atomic mass is 32.2. The summed E-state index contributed by atoms with van der Waals surface area (Å²) in [6.45, 7) is 0. The summed E-state index contributed by atoms with van der Waals surface area (Å²) in [5.41, 5.74) is 34.2. The molecule has 0 unspecified atom stereocenters. The predicted molar refractivity (Wildman–Crippen MR) is 167 cm³/mol. The van der Waals surface area contributed by atoms with Gasteiger partial charge in [0.2, 0.25) is 0 Å². The van der Waals surface area contributed by atoms with E-state index in [1.807, 2.05) is 84.9 Å². The maximum Gasteiger partial charge on any atom is 0.194 e. The zero-order chi connectivity index (χ0) is 28.2. The molecule has 2 aliphatic rings. The summed E-state index contributed by atoms with van der Waals surface area (Å²) in [5, 5.41) is 2.99. The first-order valence-corrected chi connectivity index (χ1v) is 13.9. The molecule has 8 N–H and O–H groups in total. The average Bonchev–Trinajstić information content (AvgIpc) is 3.00. The zero-order valence-corrected chi connectivity index (χ0v) is 22.4. The van der Waals surface area contributed by atoms with Crippen LogP contribution in [-0.4, -0.2) is 11.6 Å². The van der Waals surface area contributed by atoms with Crippen LogP contribution in [0.4, 0.5) is 22.7 Å². The fraction of sp³-hybridized carbons (Fsp3) is 0. The number of ketones is 2. The third-order valence-corrected chi connectivity index (χ3v) is 9.56. The first-order chi connectivity index (χ1) is 19.9. The molecule has 8 rings (SSSR count). The number of carbonyl (C=O) groups is 2. The molecule has 6 aromatic carbocycles. The van der Waals surface area contributed by atoms with Crippen molar-refractivity contribution in [1.82, 2.24) is 0 Å². The number of hydrogen-bond acceptors (Lipinski definition) is 7. The maximum absolute atomic E-state index is 13.6. The van der Waals surface area contributed by atoms with Crippen LogP contribution in [0.2, 0.25) is 0 Å². The smallest absolute Gasteiger partial charge is 0.194 e. The normalized spacial score (nSPS) is 13.0. The molecule has 7 heteroatoms. The van der Waals surface area contributed by atoms with Crippen molar-refractivity contribution in [3.8, 4) is 22.3 Å². The molecular weight excluding hydrogens is 528 g/mol. The Morgan fingerprint density at radius 3 is 1.20 bits per heavy atom. The SMILES string of the molecule is Nc1c(Sc2c(N)c(N)c3cccc4c3c2-c2ccccc2C4=O)c2c3c(cccc3c1N)C(=O)c1ccccc1-2. The van der Waals surface area contributed by atoms with Crippen molar-refractivity contribution in [2.24, 2.45) is 0 Å². The molecule has 0 heterocycles. The number of rotatable bonds is 2. The molecular formula is C34H22N4O2S. The van der Waals surface area contributed by atoms with Crippen LogP contribution in [0.5, 0.6) is 0 Å². The Morgan fingerprint density at radius 2 is 0.780 bits per heavy atom. The number of hydrogen-bond donors (Lipinski definition) is 4. The number of fused-ring (bicyclic) bond motifs is 4. The van der Waals surface area contributed by atoms with E-state index in [1.54, 1.807) is 0 Å². The van der Waals surface area contributed by atoms with E-state index >= 15 is 0 Å². The Morgan fingerprint density at radius 1 is 0.415 bits per heavy atom. The van der Waals surface area contributed by atoms with Gasteiger partial charge in [0, 0.05) is 64.7 Å². The molecule has 41 heavy (non-hydrogen) atoms. The van der Waals surface area contributed by atoms with Crippen molar-refractivity contribution < 1.29 is 9.59 Å². The van der Waals surface area contributed by atoms with E-state index in [4.69, 9.17) is 22.9 Å². The number of benzene rings is 6. The third kappa shape index (κ3) is 2.93. The van der Waals surface area contributed by atoms with Crippen LogP contribution in [0.3, 0.4) is 0 Å². The molecule has 0 radical (unpaired) electrons. The van der Waals surface area contributed by atoms with Gasteiger partial charge in [-0.15, -0.1) is 0 Å². The van der Waals surface area contributed by atoms with Gasteiger partial charge in [0.25, 0.3) is 0 Å². The summed E-state index contributed by atoms with van der Waals surface area (Å²) in [6.07, 6.45) is 0. The number of nitrogens with two attached hydrogens (primary N) is 4. The van der Waals surface area contributed by atoms with E-state index in [9.17, 15) is 9.59 Å². The molecule has 0 amide bonds.